The Morgan fingerprint density at radius 3 is 2.60 bits per heavy atom. The van der Waals surface area contributed by atoms with Crippen LogP contribution in [0.4, 0.5) is 0 Å². The van der Waals surface area contributed by atoms with E-state index in [9.17, 15) is 0 Å². The fraction of sp³-hybridized carbons (Fsp3) is 0.438. The molecule has 0 aliphatic heterocycles. The Balaban J connectivity index is 2.09. The molecule has 0 fully saturated rings. The third-order valence-corrected chi connectivity index (χ3v) is 3.69. The van der Waals surface area contributed by atoms with Gasteiger partial charge in [-0.15, -0.1) is 0 Å². The van der Waals surface area contributed by atoms with E-state index in [0.29, 0.717) is 0 Å². The van der Waals surface area contributed by atoms with Crippen LogP contribution in [0.1, 0.15) is 29.3 Å². The fourth-order valence-electron chi connectivity index (χ4n) is 2.46. The van der Waals surface area contributed by atoms with Crippen molar-refractivity contribution in [3.05, 3.63) is 47.3 Å². The second-order valence-corrected chi connectivity index (χ2v) is 5.09. The van der Waals surface area contributed by atoms with E-state index in [1.165, 1.54) is 11.1 Å². The molecule has 0 saturated carbocycles. The maximum absolute atomic E-state index is 5.39. The Kier molecular flexibility index (Phi) is 4.79. The molecule has 0 amide bonds. The standard InChI is InChI=1S/C16H23N3O/c1-12-5-7-13(8-6-12)9-10-14(17-2)16-15(20-4)11-18-19(16)3/h5-8,11,14,17H,9-10H2,1-4H3. The van der Waals surface area contributed by atoms with Gasteiger partial charge in [0.2, 0.25) is 0 Å². The van der Waals surface area contributed by atoms with Crippen LogP contribution in [0.25, 0.3) is 0 Å². The van der Waals surface area contributed by atoms with Crippen LogP contribution in [-0.2, 0) is 13.5 Å². The maximum Gasteiger partial charge on any atom is 0.161 e. The van der Waals surface area contributed by atoms with Crippen molar-refractivity contribution in [2.75, 3.05) is 14.2 Å². The molecular formula is C16H23N3O. The summed E-state index contributed by atoms with van der Waals surface area (Å²) >= 11 is 0. The third-order valence-electron chi connectivity index (χ3n) is 3.69. The predicted octanol–water partition coefficient (Wildman–Crippen LogP) is 2.63. The first-order valence-corrected chi connectivity index (χ1v) is 6.94. The molecule has 0 aliphatic carbocycles. The van der Waals surface area contributed by atoms with Crippen molar-refractivity contribution in [2.24, 2.45) is 7.05 Å². The zero-order chi connectivity index (χ0) is 14.5. The molecule has 4 heteroatoms. The van der Waals surface area contributed by atoms with Crippen molar-refractivity contribution >= 4 is 0 Å². The first-order valence-electron chi connectivity index (χ1n) is 6.94. The van der Waals surface area contributed by atoms with Gasteiger partial charge in [-0.2, -0.15) is 5.10 Å². The van der Waals surface area contributed by atoms with Crippen molar-refractivity contribution < 1.29 is 4.74 Å². The SMILES string of the molecule is CNC(CCc1ccc(C)cc1)c1c(OC)cnn1C. The number of nitrogens with zero attached hydrogens (tertiary/aromatic N) is 2. The van der Waals surface area contributed by atoms with Crippen LogP contribution < -0.4 is 10.1 Å². The number of nitrogens with one attached hydrogen (secondary N) is 1. The zero-order valence-corrected chi connectivity index (χ0v) is 12.7. The Hall–Kier alpha value is -1.81. The molecule has 1 heterocycles. The van der Waals surface area contributed by atoms with E-state index in [0.717, 1.165) is 24.3 Å². The van der Waals surface area contributed by atoms with Gasteiger partial charge < -0.3 is 10.1 Å². The van der Waals surface area contributed by atoms with Gasteiger partial charge in [0.15, 0.2) is 5.75 Å². The average molecular weight is 273 g/mol. The Morgan fingerprint density at radius 2 is 2.00 bits per heavy atom. The van der Waals surface area contributed by atoms with Gasteiger partial charge in [0.05, 0.1) is 25.0 Å². The molecule has 1 atom stereocenters. The number of hydrogen-bond donors (Lipinski definition) is 1. The summed E-state index contributed by atoms with van der Waals surface area (Å²) in [6.45, 7) is 2.11. The first-order chi connectivity index (χ1) is 9.65. The van der Waals surface area contributed by atoms with Gasteiger partial charge in [0.1, 0.15) is 0 Å². The van der Waals surface area contributed by atoms with E-state index in [1.54, 1.807) is 13.3 Å². The number of benzene rings is 1. The summed E-state index contributed by atoms with van der Waals surface area (Å²) < 4.78 is 7.28. The van der Waals surface area contributed by atoms with Crippen molar-refractivity contribution in [1.82, 2.24) is 15.1 Å². The summed E-state index contributed by atoms with van der Waals surface area (Å²) in [5, 5.41) is 7.64. The number of rotatable bonds is 6. The molecule has 1 N–H and O–H groups in total. The lowest BCUT2D eigenvalue weighted by molar-refractivity contribution is 0.393. The summed E-state index contributed by atoms with van der Waals surface area (Å²) in [4.78, 5) is 0. The highest BCUT2D eigenvalue weighted by Gasteiger charge is 2.18. The number of hydrogen-bond acceptors (Lipinski definition) is 3. The van der Waals surface area contributed by atoms with Crippen molar-refractivity contribution in [2.45, 2.75) is 25.8 Å². The molecule has 1 unspecified atom stereocenters. The number of aromatic nitrogens is 2. The summed E-state index contributed by atoms with van der Waals surface area (Å²) in [5.74, 6) is 0.843. The molecule has 0 aliphatic rings. The van der Waals surface area contributed by atoms with Gasteiger partial charge >= 0.3 is 0 Å². The zero-order valence-electron chi connectivity index (χ0n) is 12.7. The monoisotopic (exact) mass is 273 g/mol. The van der Waals surface area contributed by atoms with Crippen LogP contribution in [0.15, 0.2) is 30.5 Å². The van der Waals surface area contributed by atoms with Crippen LogP contribution in [0.5, 0.6) is 5.75 Å². The molecule has 20 heavy (non-hydrogen) atoms. The number of methoxy groups -OCH3 is 1. The van der Waals surface area contributed by atoms with E-state index in [4.69, 9.17) is 4.74 Å². The summed E-state index contributed by atoms with van der Waals surface area (Å²) in [5.41, 5.74) is 3.76. The largest absolute Gasteiger partial charge is 0.493 e. The summed E-state index contributed by atoms with van der Waals surface area (Å²) in [6.07, 6.45) is 3.81. The van der Waals surface area contributed by atoms with Crippen molar-refractivity contribution in [3.8, 4) is 5.75 Å². The lowest BCUT2D eigenvalue weighted by Gasteiger charge is -2.18. The van der Waals surface area contributed by atoms with Gasteiger partial charge in [-0.25, -0.2) is 0 Å². The molecule has 0 saturated heterocycles. The molecule has 1 aromatic carbocycles. The van der Waals surface area contributed by atoms with Gasteiger partial charge in [-0.1, -0.05) is 29.8 Å². The highest BCUT2D eigenvalue weighted by atomic mass is 16.5. The van der Waals surface area contributed by atoms with Crippen LogP contribution >= 0.6 is 0 Å². The Labute approximate surface area is 120 Å². The average Bonchev–Trinajstić information content (AvgIpc) is 2.83. The highest BCUT2D eigenvalue weighted by molar-refractivity contribution is 5.29. The normalized spacial score (nSPS) is 12.4. The Bertz CT molecular complexity index is 545. The van der Waals surface area contributed by atoms with E-state index < -0.39 is 0 Å². The summed E-state index contributed by atoms with van der Waals surface area (Å²) in [6, 6.07) is 8.95. The second kappa shape index (κ2) is 6.57. The van der Waals surface area contributed by atoms with Crippen LogP contribution in [-0.4, -0.2) is 23.9 Å². The van der Waals surface area contributed by atoms with E-state index >= 15 is 0 Å². The van der Waals surface area contributed by atoms with Gasteiger partial charge in [-0.3, -0.25) is 4.68 Å². The quantitative estimate of drug-likeness (QED) is 0.879. The maximum atomic E-state index is 5.39. The van der Waals surface area contributed by atoms with Crippen LogP contribution in [0.2, 0.25) is 0 Å². The molecule has 108 valence electrons. The van der Waals surface area contributed by atoms with Crippen LogP contribution in [0, 0.1) is 6.92 Å². The minimum atomic E-state index is 0.235. The van der Waals surface area contributed by atoms with E-state index in [-0.39, 0.29) is 6.04 Å². The minimum absolute atomic E-state index is 0.235. The molecule has 4 nitrogen and oxygen atoms in total. The predicted molar refractivity (Wildman–Crippen MR) is 81.1 cm³/mol. The molecule has 2 rings (SSSR count). The fourth-order valence-corrected chi connectivity index (χ4v) is 2.46. The lowest BCUT2D eigenvalue weighted by Crippen LogP contribution is -2.20. The topological polar surface area (TPSA) is 39.1 Å². The van der Waals surface area contributed by atoms with Crippen molar-refractivity contribution in [3.63, 3.8) is 0 Å². The van der Waals surface area contributed by atoms with E-state index in [1.807, 2.05) is 18.8 Å². The summed E-state index contributed by atoms with van der Waals surface area (Å²) in [7, 11) is 5.62. The minimum Gasteiger partial charge on any atom is -0.493 e. The van der Waals surface area contributed by atoms with Gasteiger partial charge in [0, 0.05) is 7.05 Å². The first kappa shape index (κ1) is 14.6. The smallest absolute Gasteiger partial charge is 0.161 e. The molecule has 2 aromatic rings. The molecule has 0 bridgehead atoms. The number of aryl methyl sites for hydroxylation is 3. The second-order valence-electron chi connectivity index (χ2n) is 5.09. The van der Waals surface area contributed by atoms with Crippen LogP contribution in [0.3, 0.4) is 0 Å². The molecule has 0 spiro atoms. The molecule has 1 aromatic heterocycles. The number of ether oxygens (including phenoxy) is 1. The Morgan fingerprint density at radius 1 is 1.30 bits per heavy atom. The van der Waals surface area contributed by atoms with Crippen molar-refractivity contribution in [1.29, 1.82) is 0 Å². The highest BCUT2D eigenvalue weighted by Crippen LogP contribution is 2.27. The third kappa shape index (κ3) is 3.20. The molecule has 0 radical (unpaired) electrons. The van der Waals surface area contributed by atoms with E-state index in [2.05, 4.69) is 41.6 Å². The van der Waals surface area contributed by atoms with Gasteiger partial charge in [0.25, 0.3) is 0 Å². The van der Waals surface area contributed by atoms with Gasteiger partial charge in [-0.05, 0) is 32.4 Å². The lowest BCUT2D eigenvalue weighted by atomic mass is 10.0. The molecular weight excluding hydrogens is 250 g/mol.